The van der Waals surface area contributed by atoms with Crippen molar-refractivity contribution in [1.29, 1.82) is 0 Å². The first kappa shape index (κ1) is 12.3. The predicted molar refractivity (Wildman–Crippen MR) is 72.2 cm³/mol. The van der Waals surface area contributed by atoms with Crippen LogP contribution in [0.15, 0.2) is 48.8 Å². The van der Waals surface area contributed by atoms with Gasteiger partial charge in [-0.05, 0) is 35.9 Å². The van der Waals surface area contributed by atoms with Gasteiger partial charge in [0.1, 0.15) is 11.5 Å². The molecule has 0 fully saturated rings. The lowest BCUT2D eigenvalue weighted by molar-refractivity contribution is 0.0690. The highest BCUT2D eigenvalue weighted by atomic mass is 19.1. The Labute approximate surface area is 114 Å². The van der Waals surface area contributed by atoms with Crippen LogP contribution in [-0.2, 0) is 6.54 Å². The fourth-order valence-corrected chi connectivity index (χ4v) is 2.21. The molecule has 3 rings (SSSR count). The summed E-state index contributed by atoms with van der Waals surface area (Å²) in [5.74, 6) is -1.32. The lowest BCUT2D eigenvalue weighted by atomic mass is 10.2. The van der Waals surface area contributed by atoms with Crippen LogP contribution in [0.3, 0.4) is 0 Å². The van der Waals surface area contributed by atoms with Gasteiger partial charge in [-0.1, -0.05) is 6.07 Å². The van der Waals surface area contributed by atoms with Gasteiger partial charge in [-0.2, -0.15) is 0 Å². The Morgan fingerprint density at radius 3 is 2.95 bits per heavy atom. The first-order valence-corrected chi connectivity index (χ1v) is 6.07. The normalized spacial score (nSPS) is 10.8. The molecule has 0 saturated heterocycles. The SMILES string of the molecule is O=C(O)c1cc(Cn2ccc3c(F)cccc32)ccn1. The van der Waals surface area contributed by atoms with E-state index in [4.69, 9.17) is 5.11 Å². The average Bonchev–Trinajstić information content (AvgIpc) is 2.84. The zero-order valence-corrected chi connectivity index (χ0v) is 10.5. The number of rotatable bonds is 3. The van der Waals surface area contributed by atoms with Crippen molar-refractivity contribution >= 4 is 16.9 Å². The van der Waals surface area contributed by atoms with E-state index in [0.29, 0.717) is 11.9 Å². The van der Waals surface area contributed by atoms with Gasteiger partial charge in [0.05, 0.1) is 5.52 Å². The summed E-state index contributed by atoms with van der Waals surface area (Å²) in [5, 5.41) is 9.48. The third-order valence-electron chi connectivity index (χ3n) is 3.16. The highest BCUT2D eigenvalue weighted by Gasteiger charge is 2.08. The van der Waals surface area contributed by atoms with E-state index in [0.717, 1.165) is 11.1 Å². The van der Waals surface area contributed by atoms with Gasteiger partial charge in [0, 0.05) is 24.3 Å². The second-order valence-corrected chi connectivity index (χ2v) is 4.47. The number of nitrogens with zero attached hydrogens (tertiary/aromatic N) is 2. The Balaban J connectivity index is 1.99. The second-order valence-electron chi connectivity index (χ2n) is 4.47. The summed E-state index contributed by atoms with van der Waals surface area (Å²) in [6, 6.07) is 9.89. The largest absolute Gasteiger partial charge is 0.477 e. The highest BCUT2D eigenvalue weighted by molar-refractivity contribution is 5.85. The van der Waals surface area contributed by atoms with Crippen molar-refractivity contribution in [2.45, 2.75) is 6.54 Å². The Morgan fingerprint density at radius 2 is 2.15 bits per heavy atom. The fraction of sp³-hybridized carbons (Fsp3) is 0.0667. The smallest absolute Gasteiger partial charge is 0.354 e. The average molecular weight is 270 g/mol. The van der Waals surface area contributed by atoms with Gasteiger partial charge in [0.2, 0.25) is 0 Å². The van der Waals surface area contributed by atoms with E-state index in [9.17, 15) is 9.18 Å². The van der Waals surface area contributed by atoms with Crippen LogP contribution in [0.1, 0.15) is 16.1 Å². The standard InChI is InChI=1S/C15H11FN2O2/c16-12-2-1-3-14-11(12)5-7-18(14)9-10-4-6-17-13(8-10)15(19)20/h1-8H,9H2,(H,19,20). The van der Waals surface area contributed by atoms with Crippen LogP contribution in [0.5, 0.6) is 0 Å². The molecule has 0 aliphatic heterocycles. The number of hydrogen-bond donors (Lipinski definition) is 1. The number of aromatic nitrogens is 2. The fourth-order valence-electron chi connectivity index (χ4n) is 2.21. The van der Waals surface area contributed by atoms with E-state index in [1.807, 2.05) is 10.6 Å². The van der Waals surface area contributed by atoms with Crippen LogP contribution in [0.2, 0.25) is 0 Å². The summed E-state index contributed by atoms with van der Waals surface area (Å²) in [5.41, 5.74) is 1.59. The molecule has 0 aliphatic rings. The van der Waals surface area contributed by atoms with Crippen molar-refractivity contribution in [3.63, 3.8) is 0 Å². The molecular formula is C15H11FN2O2. The van der Waals surface area contributed by atoms with Crippen molar-refractivity contribution in [2.75, 3.05) is 0 Å². The first-order valence-electron chi connectivity index (χ1n) is 6.07. The number of pyridine rings is 1. The van der Waals surface area contributed by atoms with Crippen molar-refractivity contribution in [3.05, 3.63) is 65.9 Å². The van der Waals surface area contributed by atoms with E-state index >= 15 is 0 Å². The molecule has 2 heterocycles. The second kappa shape index (κ2) is 4.77. The van der Waals surface area contributed by atoms with Gasteiger partial charge < -0.3 is 9.67 Å². The maximum absolute atomic E-state index is 13.6. The molecule has 0 aliphatic carbocycles. The highest BCUT2D eigenvalue weighted by Crippen LogP contribution is 2.20. The van der Waals surface area contributed by atoms with Crippen LogP contribution in [0.25, 0.3) is 10.9 Å². The van der Waals surface area contributed by atoms with Gasteiger partial charge >= 0.3 is 5.97 Å². The molecule has 5 heteroatoms. The van der Waals surface area contributed by atoms with Crippen LogP contribution in [0, 0.1) is 5.82 Å². The molecule has 4 nitrogen and oxygen atoms in total. The zero-order valence-electron chi connectivity index (χ0n) is 10.5. The van der Waals surface area contributed by atoms with E-state index in [2.05, 4.69) is 4.98 Å². The van der Waals surface area contributed by atoms with Gasteiger partial charge in [0.15, 0.2) is 0 Å². The monoisotopic (exact) mass is 270 g/mol. The van der Waals surface area contributed by atoms with Crippen LogP contribution >= 0.6 is 0 Å². The number of carboxylic acid groups (broad SMARTS) is 1. The van der Waals surface area contributed by atoms with E-state index in [1.165, 1.54) is 18.3 Å². The Kier molecular flexibility index (Phi) is 2.95. The summed E-state index contributed by atoms with van der Waals surface area (Å²) in [4.78, 5) is 14.7. The topological polar surface area (TPSA) is 55.1 Å². The molecule has 0 saturated carbocycles. The Morgan fingerprint density at radius 1 is 1.30 bits per heavy atom. The molecular weight excluding hydrogens is 259 g/mol. The summed E-state index contributed by atoms with van der Waals surface area (Å²) >= 11 is 0. The molecule has 0 unspecified atom stereocenters. The number of carboxylic acids is 1. The first-order chi connectivity index (χ1) is 9.65. The van der Waals surface area contributed by atoms with Crippen LogP contribution in [-0.4, -0.2) is 20.6 Å². The number of halogens is 1. The summed E-state index contributed by atoms with van der Waals surface area (Å²) in [6.07, 6.45) is 3.25. The molecule has 2 aromatic heterocycles. The van der Waals surface area contributed by atoms with Crippen molar-refractivity contribution in [3.8, 4) is 0 Å². The van der Waals surface area contributed by atoms with Gasteiger partial charge in [0.25, 0.3) is 0 Å². The summed E-state index contributed by atoms with van der Waals surface area (Å²) in [6.45, 7) is 0.468. The van der Waals surface area contributed by atoms with E-state index in [1.54, 1.807) is 24.4 Å². The Hall–Kier alpha value is -2.69. The minimum absolute atomic E-state index is 0.00476. The molecule has 100 valence electrons. The third kappa shape index (κ3) is 2.14. The number of benzene rings is 1. The maximum Gasteiger partial charge on any atom is 0.354 e. The zero-order chi connectivity index (χ0) is 14.1. The molecule has 0 amide bonds. The molecule has 1 aromatic carbocycles. The van der Waals surface area contributed by atoms with E-state index in [-0.39, 0.29) is 11.5 Å². The lowest BCUT2D eigenvalue weighted by Crippen LogP contribution is -2.03. The minimum Gasteiger partial charge on any atom is -0.477 e. The predicted octanol–water partition coefficient (Wildman–Crippen LogP) is 2.92. The van der Waals surface area contributed by atoms with Gasteiger partial charge in [-0.15, -0.1) is 0 Å². The molecule has 20 heavy (non-hydrogen) atoms. The Bertz CT molecular complexity index is 795. The number of fused-ring (bicyclic) bond motifs is 1. The lowest BCUT2D eigenvalue weighted by Gasteiger charge is -2.06. The number of carbonyl (C=O) groups is 1. The number of aromatic carboxylic acids is 1. The molecule has 0 spiro atoms. The molecule has 1 N–H and O–H groups in total. The molecule has 0 radical (unpaired) electrons. The molecule has 0 atom stereocenters. The quantitative estimate of drug-likeness (QED) is 0.796. The summed E-state index contributed by atoms with van der Waals surface area (Å²) in [7, 11) is 0. The van der Waals surface area contributed by atoms with E-state index < -0.39 is 5.97 Å². The van der Waals surface area contributed by atoms with Crippen molar-refractivity contribution < 1.29 is 14.3 Å². The van der Waals surface area contributed by atoms with Crippen LogP contribution in [0.4, 0.5) is 4.39 Å². The van der Waals surface area contributed by atoms with Crippen molar-refractivity contribution in [1.82, 2.24) is 9.55 Å². The van der Waals surface area contributed by atoms with Crippen LogP contribution < -0.4 is 0 Å². The van der Waals surface area contributed by atoms with Crippen molar-refractivity contribution in [2.24, 2.45) is 0 Å². The third-order valence-corrected chi connectivity index (χ3v) is 3.16. The van der Waals surface area contributed by atoms with Gasteiger partial charge in [-0.3, -0.25) is 0 Å². The summed E-state index contributed by atoms with van der Waals surface area (Å²) < 4.78 is 15.5. The molecule has 3 aromatic rings. The minimum atomic E-state index is -1.06. The molecule has 0 bridgehead atoms. The number of hydrogen-bond acceptors (Lipinski definition) is 2. The maximum atomic E-state index is 13.6. The van der Waals surface area contributed by atoms with Gasteiger partial charge in [-0.25, -0.2) is 14.2 Å².